The second-order valence-electron chi connectivity index (χ2n) is 8.86. The van der Waals surface area contributed by atoms with Crippen LogP contribution in [-0.2, 0) is 35.3 Å². The number of nitrogens with one attached hydrogen (secondary N) is 1. The lowest BCUT2D eigenvalue weighted by molar-refractivity contribution is 0.0152. The van der Waals surface area contributed by atoms with Crippen molar-refractivity contribution in [2.75, 3.05) is 26.4 Å². The van der Waals surface area contributed by atoms with Crippen molar-refractivity contribution in [3.05, 3.63) is 52.3 Å². The van der Waals surface area contributed by atoms with E-state index in [1.165, 1.54) is 5.56 Å². The van der Waals surface area contributed by atoms with E-state index < -0.39 is 0 Å². The zero-order valence-corrected chi connectivity index (χ0v) is 19.1. The van der Waals surface area contributed by atoms with Crippen LogP contribution in [-0.4, -0.2) is 48.0 Å². The molecule has 1 spiro atoms. The highest BCUT2D eigenvalue weighted by atomic mass is 16.5. The van der Waals surface area contributed by atoms with Crippen LogP contribution >= 0.6 is 0 Å². The summed E-state index contributed by atoms with van der Waals surface area (Å²) in [6, 6.07) is 7.54. The number of aromatic nitrogens is 2. The van der Waals surface area contributed by atoms with Crippen molar-refractivity contribution in [3.8, 4) is 0 Å². The summed E-state index contributed by atoms with van der Waals surface area (Å²) >= 11 is 0. The third-order valence-corrected chi connectivity index (χ3v) is 6.76. The van der Waals surface area contributed by atoms with Gasteiger partial charge in [-0.25, -0.2) is 4.79 Å². The molecule has 2 aliphatic rings. The van der Waals surface area contributed by atoms with E-state index >= 15 is 0 Å². The molecule has 1 N–H and O–H groups in total. The van der Waals surface area contributed by atoms with Crippen molar-refractivity contribution >= 4 is 11.9 Å². The monoisotopic (exact) mass is 439 g/mol. The van der Waals surface area contributed by atoms with E-state index in [1.807, 2.05) is 35.9 Å². The van der Waals surface area contributed by atoms with E-state index in [0.717, 1.165) is 55.8 Å². The zero-order valence-electron chi connectivity index (χ0n) is 19.1. The van der Waals surface area contributed by atoms with Gasteiger partial charge in [0.05, 0.1) is 29.1 Å². The number of benzene rings is 1. The normalized spacial score (nSPS) is 17.5. The number of rotatable bonds is 7. The van der Waals surface area contributed by atoms with E-state index in [9.17, 15) is 9.59 Å². The van der Waals surface area contributed by atoms with E-state index in [4.69, 9.17) is 14.6 Å². The highest BCUT2D eigenvalue weighted by Crippen LogP contribution is 2.37. The lowest BCUT2D eigenvalue weighted by Gasteiger charge is -2.36. The molecular weight excluding hydrogens is 406 g/mol. The van der Waals surface area contributed by atoms with Crippen molar-refractivity contribution in [2.24, 2.45) is 5.41 Å². The number of ether oxygens (including phenoxy) is 2. The van der Waals surface area contributed by atoms with Gasteiger partial charge in [-0.05, 0) is 55.2 Å². The molecule has 3 heterocycles. The zero-order chi connectivity index (χ0) is 22.6. The van der Waals surface area contributed by atoms with E-state index in [-0.39, 0.29) is 17.3 Å². The topological polar surface area (TPSA) is 82.5 Å². The maximum Gasteiger partial charge on any atom is 0.338 e. The van der Waals surface area contributed by atoms with Gasteiger partial charge >= 0.3 is 5.97 Å². The molecule has 0 unspecified atom stereocenters. The van der Waals surface area contributed by atoms with Crippen LogP contribution in [0, 0.1) is 5.41 Å². The maximum atomic E-state index is 12.9. The molecule has 0 aliphatic carbocycles. The minimum Gasteiger partial charge on any atom is -0.462 e. The van der Waals surface area contributed by atoms with Crippen molar-refractivity contribution in [1.29, 1.82) is 0 Å². The number of fused-ring (bicyclic) bond motifs is 1. The average molecular weight is 440 g/mol. The van der Waals surface area contributed by atoms with Crippen LogP contribution in [0.25, 0.3) is 0 Å². The molecular formula is C25H33N3O4. The Morgan fingerprint density at radius 1 is 1.19 bits per heavy atom. The molecule has 2 aromatic rings. The van der Waals surface area contributed by atoms with Gasteiger partial charge in [-0.15, -0.1) is 0 Å². The van der Waals surface area contributed by atoms with Gasteiger partial charge in [0.15, 0.2) is 0 Å². The Morgan fingerprint density at radius 3 is 2.62 bits per heavy atom. The van der Waals surface area contributed by atoms with Gasteiger partial charge in [-0.3, -0.25) is 9.48 Å². The molecule has 1 saturated heterocycles. The number of carbonyl (C=O) groups excluding carboxylic acids is 2. The lowest BCUT2D eigenvalue weighted by Crippen LogP contribution is -2.40. The Labute approximate surface area is 189 Å². The maximum absolute atomic E-state index is 12.9. The minimum atomic E-state index is -0.304. The second-order valence-corrected chi connectivity index (χ2v) is 8.86. The van der Waals surface area contributed by atoms with Gasteiger partial charge in [0.1, 0.15) is 0 Å². The van der Waals surface area contributed by atoms with Crippen LogP contribution in [0.4, 0.5) is 0 Å². The first-order chi connectivity index (χ1) is 15.5. The van der Waals surface area contributed by atoms with Crippen LogP contribution < -0.4 is 5.32 Å². The third kappa shape index (κ3) is 4.72. The molecule has 1 amide bonds. The van der Waals surface area contributed by atoms with Crippen LogP contribution in [0.2, 0.25) is 0 Å². The fraction of sp³-hybridized carbons (Fsp3) is 0.560. The molecule has 172 valence electrons. The van der Waals surface area contributed by atoms with Gasteiger partial charge in [0.2, 0.25) is 0 Å². The quantitative estimate of drug-likeness (QED) is 0.529. The summed E-state index contributed by atoms with van der Waals surface area (Å²) < 4.78 is 13.0. The summed E-state index contributed by atoms with van der Waals surface area (Å²) in [5, 5.41) is 7.90. The smallest absolute Gasteiger partial charge is 0.338 e. The summed E-state index contributed by atoms with van der Waals surface area (Å²) in [7, 11) is 0. The number of hydrogen-bond donors (Lipinski definition) is 1. The molecule has 0 radical (unpaired) electrons. The average Bonchev–Trinajstić information content (AvgIpc) is 3.10. The molecule has 7 heteroatoms. The molecule has 1 fully saturated rings. The van der Waals surface area contributed by atoms with Crippen LogP contribution in [0.15, 0.2) is 24.3 Å². The number of hydrogen-bond acceptors (Lipinski definition) is 5. The first-order valence-corrected chi connectivity index (χ1v) is 11.8. The molecule has 0 bridgehead atoms. The molecule has 1 aromatic heterocycles. The van der Waals surface area contributed by atoms with Crippen LogP contribution in [0.1, 0.15) is 70.8 Å². The predicted octanol–water partition coefficient (Wildman–Crippen LogP) is 3.34. The van der Waals surface area contributed by atoms with Gasteiger partial charge in [-0.2, -0.15) is 5.10 Å². The largest absolute Gasteiger partial charge is 0.462 e. The molecule has 0 atom stereocenters. The first-order valence-electron chi connectivity index (χ1n) is 11.8. The summed E-state index contributed by atoms with van der Waals surface area (Å²) in [5.74, 6) is -0.324. The van der Waals surface area contributed by atoms with Crippen molar-refractivity contribution in [2.45, 2.75) is 58.9 Å². The third-order valence-electron chi connectivity index (χ3n) is 6.76. The Balaban J connectivity index is 1.42. The molecule has 32 heavy (non-hydrogen) atoms. The van der Waals surface area contributed by atoms with E-state index in [0.29, 0.717) is 38.1 Å². The minimum absolute atomic E-state index is 0.0200. The van der Waals surface area contributed by atoms with E-state index in [2.05, 4.69) is 12.2 Å². The van der Waals surface area contributed by atoms with Crippen LogP contribution in [0.5, 0.6) is 0 Å². The number of aryl methyl sites for hydroxylation is 3. The molecule has 2 aliphatic heterocycles. The van der Waals surface area contributed by atoms with Gasteiger partial charge in [0.25, 0.3) is 5.91 Å². The molecule has 7 nitrogen and oxygen atoms in total. The predicted molar refractivity (Wildman–Crippen MR) is 121 cm³/mol. The highest BCUT2D eigenvalue weighted by Gasteiger charge is 2.39. The Hall–Kier alpha value is -2.67. The van der Waals surface area contributed by atoms with Crippen molar-refractivity contribution in [3.63, 3.8) is 0 Å². The summed E-state index contributed by atoms with van der Waals surface area (Å²) in [6.45, 7) is 7.19. The number of amides is 1. The fourth-order valence-electron chi connectivity index (χ4n) is 4.70. The van der Waals surface area contributed by atoms with Gasteiger partial charge in [-0.1, -0.05) is 26.0 Å². The number of nitrogens with zero attached hydrogens (tertiary/aromatic N) is 2. The molecule has 1 aromatic carbocycles. The SMILES string of the molecule is CCc1ccc(C(=O)OCCCn2nc(CC)c3c2CC2(CCOCC2)CNC3=O)cc1. The van der Waals surface area contributed by atoms with Gasteiger partial charge < -0.3 is 14.8 Å². The Bertz CT molecular complexity index is 958. The Kier molecular flexibility index (Phi) is 6.94. The van der Waals surface area contributed by atoms with E-state index in [1.54, 1.807) is 0 Å². The lowest BCUT2D eigenvalue weighted by atomic mass is 9.76. The number of esters is 1. The second kappa shape index (κ2) is 9.86. The first kappa shape index (κ1) is 22.5. The standard InChI is InChI=1S/C25H33N3O4/c1-3-18-6-8-19(9-7-18)24(30)32-13-5-12-28-21-16-25(10-14-31-15-11-25)17-26-23(29)22(21)20(4-2)27-28/h6-9H,3-5,10-17H2,1-2H3,(H,26,29). The van der Waals surface area contributed by atoms with Gasteiger partial charge in [0, 0.05) is 32.7 Å². The molecule has 0 saturated carbocycles. The van der Waals surface area contributed by atoms with Crippen molar-refractivity contribution < 1.29 is 19.1 Å². The van der Waals surface area contributed by atoms with Crippen LogP contribution in [0.3, 0.4) is 0 Å². The Morgan fingerprint density at radius 2 is 1.94 bits per heavy atom. The van der Waals surface area contributed by atoms with Crippen molar-refractivity contribution in [1.82, 2.24) is 15.1 Å². The highest BCUT2D eigenvalue weighted by molar-refractivity contribution is 5.97. The number of carbonyl (C=O) groups is 2. The molecule has 4 rings (SSSR count). The summed E-state index contributed by atoms with van der Waals surface area (Å²) in [5.41, 5.74) is 4.39. The summed E-state index contributed by atoms with van der Waals surface area (Å²) in [4.78, 5) is 25.2. The fourth-order valence-corrected chi connectivity index (χ4v) is 4.70. The summed E-state index contributed by atoms with van der Waals surface area (Å²) in [6.07, 6.45) is 4.99.